The molecule has 0 aromatic heterocycles. The minimum absolute atomic E-state index is 0.00293. The van der Waals surface area contributed by atoms with Gasteiger partial charge in [-0.15, -0.1) is 0 Å². The van der Waals surface area contributed by atoms with Gasteiger partial charge in [0.25, 0.3) is 5.91 Å². The van der Waals surface area contributed by atoms with Crippen LogP contribution in [0.5, 0.6) is 0 Å². The summed E-state index contributed by atoms with van der Waals surface area (Å²) in [5.41, 5.74) is -0.584. The van der Waals surface area contributed by atoms with Gasteiger partial charge in [0.2, 0.25) is 0 Å². The summed E-state index contributed by atoms with van der Waals surface area (Å²) in [6.07, 6.45) is 4.07. The van der Waals surface area contributed by atoms with Crippen LogP contribution in [0.25, 0.3) is 0 Å². The molecular formula is C15H26N2O4. The highest BCUT2D eigenvalue weighted by atomic mass is 16.5. The molecule has 2 rings (SSSR count). The van der Waals surface area contributed by atoms with E-state index in [1.165, 1.54) is 0 Å². The van der Waals surface area contributed by atoms with Crippen LogP contribution in [0.15, 0.2) is 0 Å². The van der Waals surface area contributed by atoms with Crippen molar-refractivity contribution in [3.8, 4) is 0 Å². The lowest BCUT2D eigenvalue weighted by Gasteiger charge is -2.39. The minimum Gasteiger partial charge on any atom is -0.481 e. The largest absolute Gasteiger partial charge is 0.481 e. The lowest BCUT2D eigenvalue weighted by molar-refractivity contribution is -0.144. The monoisotopic (exact) mass is 298 g/mol. The van der Waals surface area contributed by atoms with Crippen molar-refractivity contribution in [2.75, 3.05) is 26.2 Å². The summed E-state index contributed by atoms with van der Waals surface area (Å²) in [6, 6.07) is 0. The quantitative estimate of drug-likeness (QED) is 0.791. The second-order valence-corrected chi connectivity index (χ2v) is 6.15. The standard InChI is InChI=1S/C15H26N2O4/c1-2-17-8-9-21-12(11-17)14(20)16-15(10-13(18)19)6-4-3-5-7-15/h12H,2-11H2,1H3,(H,16,20)(H,18,19). The molecule has 2 fully saturated rings. The maximum Gasteiger partial charge on any atom is 0.305 e. The summed E-state index contributed by atoms with van der Waals surface area (Å²) in [5.74, 6) is -1.01. The van der Waals surface area contributed by atoms with Gasteiger partial charge in [0.05, 0.1) is 18.6 Å². The highest BCUT2D eigenvalue weighted by Crippen LogP contribution is 2.31. The lowest BCUT2D eigenvalue weighted by Crippen LogP contribution is -2.57. The van der Waals surface area contributed by atoms with Crippen LogP contribution in [0.3, 0.4) is 0 Å². The second kappa shape index (κ2) is 7.22. The fraction of sp³-hybridized carbons (Fsp3) is 0.867. The number of nitrogens with zero attached hydrogens (tertiary/aromatic N) is 1. The molecule has 0 radical (unpaired) electrons. The number of rotatable bonds is 5. The number of hydrogen-bond donors (Lipinski definition) is 2. The summed E-state index contributed by atoms with van der Waals surface area (Å²) in [6.45, 7) is 4.95. The zero-order chi connectivity index (χ0) is 15.3. The van der Waals surface area contributed by atoms with E-state index in [0.717, 1.165) is 45.2 Å². The van der Waals surface area contributed by atoms with E-state index in [1.807, 2.05) is 0 Å². The molecular weight excluding hydrogens is 272 g/mol. The molecule has 2 N–H and O–H groups in total. The molecule has 2 aliphatic rings. The molecule has 0 aromatic rings. The molecule has 1 saturated carbocycles. The summed E-state index contributed by atoms with van der Waals surface area (Å²) in [7, 11) is 0. The molecule has 1 heterocycles. The van der Waals surface area contributed by atoms with Gasteiger partial charge in [0, 0.05) is 13.1 Å². The van der Waals surface area contributed by atoms with E-state index >= 15 is 0 Å². The van der Waals surface area contributed by atoms with E-state index in [4.69, 9.17) is 9.84 Å². The van der Waals surface area contributed by atoms with Gasteiger partial charge in [0.15, 0.2) is 0 Å². The first kappa shape index (κ1) is 16.2. The third-order valence-electron chi connectivity index (χ3n) is 4.58. The number of hydrogen-bond acceptors (Lipinski definition) is 4. The van der Waals surface area contributed by atoms with Crippen molar-refractivity contribution in [3.05, 3.63) is 0 Å². The first-order valence-electron chi connectivity index (χ1n) is 7.92. The Labute approximate surface area is 125 Å². The van der Waals surface area contributed by atoms with Crippen molar-refractivity contribution >= 4 is 11.9 Å². The fourth-order valence-corrected chi connectivity index (χ4v) is 3.35. The lowest BCUT2D eigenvalue weighted by atomic mass is 9.79. The molecule has 21 heavy (non-hydrogen) atoms. The number of carbonyl (C=O) groups excluding carboxylic acids is 1. The van der Waals surface area contributed by atoms with Crippen LogP contribution in [0, 0.1) is 0 Å². The topological polar surface area (TPSA) is 78.9 Å². The van der Waals surface area contributed by atoms with Gasteiger partial charge in [-0.05, 0) is 19.4 Å². The molecule has 1 aliphatic carbocycles. The van der Waals surface area contributed by atoms with Crippen LogP contribution >= 0.6 is 0 Å². The molecule has 1 aliphatic heterocycles. The summed E-state index contributed by atoms with van der Waals surface area (Å²) >= 11 is 0. The molecule has 6 heteroatoms. The number of nitrogens with one attached hydrogen (secondary N) is 1. The maximum atomic E-state index is 12.5. The summed E-state index contributed by atoms with van der Waals surface area (Å²) in [4.78, 5) is 25.8. The molecule has 1 atom stereocenters. The number of morpholine rings is 1. The smallest absolute Gasteiger partial charge is 0.305 e. The Kier molecular flexibility index (Phi) is 5.58. The summed E-state index contributed by atoms with van der Waals surface area (Å²) < 4.78 is 5.56. The van der Waals surface area contributed by atoms with Gasteiger partial charge in [-0.2, -0.15) is 0 Å². The molecule has 1 saturated heterocycles. The molecule has 0 aromatic carbocycles. The Hall–Kier alpha value is -1.14. The molecule has 6 nitrogen and oxygen atoms in total. The molecule has 0 bridgehead atoms. The van der Waals surface area contributed by atoms with Crippen molar-refractivity contribution in [3.63, 3.8) is 0 Å². The van der Waals surface area contributed by atoms with Crippen molar-refractivity contribution in [2.24, 2.45) is 0 Å². The molecule has 1 unspecified atom stereocenters. The number of likely N-dealkylation sites (N-methyl/N-ethyl adjacent to an activating group) is 1. The Morgan fingerprint density at radius 1 is 1.33 bits per heavy atom. The van der Waals surface area contributed by atoms with Gasteiger partial charge >= 0.3 is 5.97 Å². The van der Waals surface area contributed by atoms with E-state index in [1.54, 1.807) is 0 Å². The van der Waals surface area contributed by atoms with Crippen LogP contribution in [-0.4, -0.2) is 59.8 Å². The Bertz CT molecular complexity index is 380. The molecule has 120 valence electrons. The van der Waals surface area contributed by atoms with Gasteiger partial charge in [-0.3, -0.25) is 14.5 Å². The van der Waals surface area contributed by atoms with Crippen molar-refractivity contribution in [2.45, 2.75) is 57.1 Å². The highest BCUT2D eigenvalue weighted by molar-refractivity contribution is 5.82. The zero-order valence-corrected chi connectivity index (χ0v) is 12.8. The first-order chi connectivity index (χ1) is 10.0. The van der Waals surface area contributed by atoms with Crippen LogP contribution in [0.4, 0.5) is 0 Å². The third-order valence-corrected chi connectivity index (χ3v) is 4.58. The number of carboxylic acid groups (broad SMARTS) is 1. The van der Waals surface area contributed by atoms with Crippen LogP contribution in [-0.2, 0) is 14.3 Å². The predicted octanol–water partition coefficient (Wildman–Crippen LogP) is 1.00. The number of carbonyl (C=O) groups is 2. The number of ether oxygens (including phenoxy) is 1. The van der Waals surface area contributed by atoms with Gasteiger partial charge in [-0.1, -0.05) is 26.2 Å². The minimum atomic E-state index is -0.850. The van der Waals surface area contributed by atoms with Crippen molar-refractivity contribution < 1.29 is 19.4 Å². The van der Waals surface area contributed by atoms with E-state index < -0.39 is 17.6 Å². The SMILES string of the molecule is CCN1CCOC(C(=O)NC2(CC(=O)O)CCCCC2)C1. The number of aliphatic carboxylic acids is 1. The van der Waals surface area contributed by atoms with E-state index in [9.17, 15) is 9.59 Å². The van der Waals surface area contributed by atoms with Crippen molar-refractivity contribution in [1.82, 2.24) is 10.2 Å². The Balaban J connectivity index is 1.98. The van der Waals surface area contributed by atoms with Gasteiger partial charge in [0.1, 0.15) is 6.10 Å². The van der Waals surface area contributed by atoms with E-state index in [-0.39, 0.29) is 12.3 Å². The predicted molar refractivity (Wildman–Crippen MR) is 78.1 cm³/mol. The van der Waals surface area contributed by atoms with Gasteiger partial charge < -0.3 is 15.2 Å². The average molecular weight is 298 g/mol. The van der Waals surface area contributed by atoms with Gasteiger partial charge in [-0.25, -0.2) is 0 Å². The van der Waals surface area contributed by atoms with Crippen LogP contribution < -0.4 is 5.32 Å². The normalized spacial score (nSPS) is 26.2. The van der Waals surface area contributed by atoms with E-state index in [2.05, 4.69) is 17.1 Å². The highest BCUT2D eigenvalue weighted by Gasteiger charge is 2.38. The van der Waals surface area contributed by atoms with E-state index in [0.29, 0.717) is 13.2 Å². The second-order valence-electron chi connectivity index (χ2n) is 6.15. The Morgan fingerprint density at radius 3 is 2.67 bits per heavy atom. The summed E-state index contributed by atoms with van der Waals surface area (Å²) in [5, 5.41) is 12.2. The van der Waals surface area contributed by atoms with Crippen molar-refractivity contribution in [1.29, 1.82) is 0 Å². The third kappa shape index (κ3) is 4.41. The van der Waals surface area contributed by atoms with Crippen LogP contribution in [0.2, 0.25) is 0 Å². The fourth-order valence-electron chi connectivity index (χ4n) is 3.35. The zero-order valence-electron chi connectivity index (χ0n) is 12.8. The first-order valence-corrected chi connectivity index (χ1v) is 7.92. The molecule has 0 spiro atoms. The van der Waals surface area contributed by atoms with Crippen LogP contribution in [0.1, 0.15) is 45.4 Å². The molecule has 1 amide bonds. The Morgan fingerprint density at radius 2 is 2.05 bits per heavy atom. The number of carboxylic acids is 1. The number of amides is 1. The average Bonchev–Trinajstić information content (AvgIpc) is 2.47. The maximum absolute atomic E-state index is 12.5.